The van der Waals surface area contributed by atoms with Crippen LogP contribution in [0.25, 0.3) is 0 Å². The second kappa shape index (κ2) is 7.98. The van der Waals surface area contributed by atoms with E-state index in [4.69, 9.17) is 4.99 Å². The molecule has 7 rings (SSSR count). The summed E-state index contributed by atoms with van der Waals surface area (Å²) in [6.07, 6.45) is 18.6. The largest absolute Gasteiger partial charge is 0.271 e. The van der Waals surface area contributed by atoms with Crippen molar-refractivity contribution in [2.45, 2.75) is 56.9 Å². The van der Waals surface area contributed by atoms with Crippen molar-refractivity contribution in [3.63, 3.8) is 0 Å². The first-order chi connectivity index (χ1) is 15.6. The molecule has 1 amide bonds. The van der Waals surface area contributed by atoms with Gasteiger partial charge in [-0.25, -0.2) is 4.31 Å². The highest BCUT2D eigenvalue weighted by molar-refractivity contribution is 7.98. The Morgan fingerprint density at radius 2 is 1.34 bits per heavy atom. The Morgan fingerprint density at radius 1 is 0.844 bits per heavy atom. The van der Waals surface area contributed by atoms with Crippen molar-refractivity contribution >= 4 is 24.2 Å². The van der Waals surface area contributed by atoms with Gasteiger partial charge in [0, 0.05) is 43.4 Å². The molecule has 4 fully saturated rings. The molecule has 4 aliphatic carbocycles. The van der Waals surface area contributed by atoms with Gasteiger partial charge in [0.15, 0.2) is 0 Å². The molecule has 2 aromatic heterocycles. The Bertz CT molecular complexity index is 932. The minimum Gasteiger partial charge on any atom is -0.271 e. The molecule has 1 aliphatic heterocycles. The summed E-state index contributed by atoms with van der Waals surface area (Å²) in [7, 11) is 0. The second-order valence-electron chi connectivity index (χ2n) is 10.7. The van der Waals surface area contributed by atoms with Crippen molar-refractivity contribution in [3.05, 3.63) is 60.2 Å². The number of hydrogen-bond donors (Lipinski definition) is 0. The van der Waals surface area contributed by atoms with E-state index in [9.17, 15) is 4.79 Å². The fourth-order valence-electron chi connectivity index (χ4n) is 7.22. The van der Waals surface area contributed by atoms with E-state index < -0.39 is 5.54 Å². The molecule has 2 aromatic rings. The summed E-state index contributed by atoms with van der Waals surface area (Å²) in [5.74, 6) is 3.96. The molecule has 3 heterocycles. The summed E-state index contributed by atoms with van der Waals surface area (Å²) in [5, 5.41) is 0. The maximum Gasteiger partial charge on any atom is 0.266 e. The van der Waals surface area contributed by atoms with Crippen LogP contribution in [-0.4, -0.2) is 37.8 Å². The minimum absolute atomic E-state index is 0.112. The Morgan fingerprint density at radius 3 is 1.84 bits per heavy atom. The third-order valence-electron chi connectivity index (χ3n) is 8.17. The topological polar surface area (TPSA) is 58.5 Å². The summed E-state index contributed by atoms with van der Waals surface area (Å²) < 4.78 is 1.85. The zero-order valence-electron chi connectivity index (χ0n) is 18.4. The van der Waals surface area contributed by atoms with Crippen LogP contribution in [0.4, 0.5) is 0 Å². The molecule has 0 spiro atoms. The van der Waals surface area contributed by atoms with Crippen LogP contribution in [-0.2, 0) is 17.6 Å². The fraction of sp³-hybridized carbons (Fsp3) is 0.538. The van der Waals surface area contributed by atoms with Gasteiger partial charge in [0.1, 0.15) is 11.9 Å². The van der Waals surface area contributed by atoms with Crippen LogP contribution in [0.3, 0.4) is 0 Å². The van der Waals surface area contributed by atoms with Gasteiger partial charge < -0.3 is 0 Å². The smallest absolute Gasteiger partial charge is 0.266 e. The summed E-state index contributed by atoms with van der Waals surface area (Å²) in [4.78, 5) is 26.9. The van der Waals surface area contributed by atoms with E-state index in [1.165, 1.54) is 38.5 Å². The van der Waals surface area contributed by atoms with E-state index >= 15 is 0 Å². The Labute approximate surface area is 194 Å². The molecule has 0 radical (unpaired) electrons. The van der Waals surface area contributed by atoms with Gasteiger partial charge in [-0.2, -0.15) is 0 Å². The van der Waals surface area contributed by atoms with Crippen LogP contribution in [0.2, 0.25) is 0 Å². The number of nitrogens with zero attached hydrogens (tertiary/aromatic N) is 4. The molecule has 5 nitrogen and oxygen atoms in total. The van der Waals surface area contributed by atoms with Crippen LogP contribution < -0.4 is 0 Å². The molecule has 4 saturated carbocycles. The number of hydrogen-bond acceptors (Lipinski definition) is 5. The van der Waals surface area contributed by atoms with Gasteiger partial charge in [-0.1, -0.05) is 0 Å². The SMILES string of the molecule is O=C1N(SCC23CC4CC(CC(C4)C2)C3)C=NC1(Cc1ccncc1)Cc1ccncc1. The van der Waals surface area contributed by atoms with Crippen molar-refractivity contribution < 1.29 is 4.79 Å². The zero-order valence-corrected chi connectivity index (χ0v) is 19.2. The molecule has 166 valence electrons. The lowest BCUT2D eigenvalue weighted by atomic mass is 9.50. The molecule has 0 atom stereocenters. The Hall–Kier alpha value is -2.21. The predicted octanol–water partition coefficient (Wildman–Crippen LogP) is 4.74. The third-order valence-corrected chi connectivity index (χ3v) is 9.45. The first-order valence-corrected chi connectivity index (χ1v) is 12.9. The molecule has 0 N–H and O–H groups in total. The van der Waals surface area contributed by atoms with E-state index in [1.807, 2.05) is 28.6 Å². The van der Waals surface area contributed by atoms with Crippen molar-refractivity contribution in [2.75, 3.05) is 5.75 Å². The molecule has 4 bridgehead atoms. The van der Waals surface area contributed by atoms with Crippen molar-refractivity contribution in [2.24, 2.45) is 28.2 Å². The van der Waals surface area contributed by atoms with Crippen molar-refractivity contribution in [3.8, 4) is 0 Å². The lowest BCUT2D eigenvalue weighted by Gasteiger charge is -2.56. The number of carbonyl (C=O) groups excluding carboxylic acids is 1. The number of amides is 1. The van der Waals surface area contributed by atoms with Gasteiger partial charge >= 0.3 is 0 Å². The van der Waals surface area contributed by atoms with Gasteiger partial charge in [-0.05, 0) is 109 Å². The van der Waals surface area contributed by atoms with Gasteiger partial charge in [-0.3, -0.25) is 19.8 Å². The molecule has 6 heteroatoms. The third kappa shape index (κ3) is 3.76. The highest BCUT2D eigenvalue weighted by Crippen LogP contribution is 2.61. The van der Waals surface area contributed by atoms with Crippen LogP contribution in [0.5, 0.6) is 0 Å². The summed E-state index contributed by atoms with van der Waals surface area (Å²) in [6, 6.07) is 7.95. The number of aliphatic imine (C=N–C) groups is 1. The molecule has 32 heavy (non-hydrogen) atoms. The molecule has 5 aliphatic rings. The number of aromatic nitrogens is 2. The lowest BCUT2D eigenvalue weighted by molar-refractivity contribution is -0.127. The predicted molar refractivity (Wildman–Crippen MR) is 127 cm³/mol. The van der Waals surface area contributed by atoms with Gasteiger partial charge in [0.2, 0.25) is 0 Å². The molecule has 0 aromatic carbocycles. The Kier molecular flexibility index (Phi) is 5.09. The first-order valence-electron chi connectivity index (χ1n) is 11.9. The summed E-state index contributed by atoms with van der Waals surface area (Å²) in [6.45, 7) is 0. The Balaban J connectivity index is 1.20. The number of pyridine rings is 2. The number of carbonyl (C=O) groups is 1. The maximum absolute atomic E-state index is 13.8. The van der Waals surface area contributed by atoms with Crippen molar-refractivity contribution in [1.29, 1.82) is 0 Å². The van der Waals surface area contributed by atoms with Crippen LogP contribution >= 0.6 is 11.9 Å². The van der Waals surface area contributed by atoms with Crippen molar-refractivity contribution in [1.82, 2.24) is 14.3 Å². The van der Waals surface area contributed by atoms with Gasteiger partial charge in [0.05, 0.1) is 0 Å². The molecular weight excluding hydrogens is 416 g/mol. The first kappa shape index (κ1) is 20.4. The normalized spacial score (nSPS) is 32.1. The summed E-state index contributed by atoms with van der Waals surface area (Å²) >= 11 is 1.71. The van der Waals surface area contributed by atoms with E-state index in [0.29, 0.717) is 18.3 Å². The number of rotatable bonds is 7. The molecule has 0 saturated heterocycles. The summed E-state index contributed by atoms with van der Waals surface area (Å²) in [5.41, 5.74) is 1.83. The zero-order chi connectivity index (χ0) is 21.6. The molecule has 0 unspecified atom stereocenters. The minimum atomic E-state index is -0.794. The standard InChI is InChI=1S/C26H30N4OS/c31-24-26(15-19-1-5-27-6-2-19,16-20-3-7-28-8-4-20)29-18-30(24)32-17-25-12-21-9-22(13-25)11-23(10-21)14-25/h1-8,18,21-23H,9-17H2. The van der Waals surface area contributed by atoms with E-state index in [2.05, 4.69) is 9.97 Å². The lowest BCUT2D eigenvalue weighted by Crippen LogP contribution is -2.48. The van der Waals surface area contributed by atoms with E-state index in [0.717, 1.165) is 34.6 Å². The maximum atomic E-state index is 13.8. The quantitative estimate of drug-likeness (QED) is 0.577. The van der Waals surface area contributed by atoms with E-state index in [-0.39, 0.29) is 5.91 Å². The average molecular weight is 447 g/mol. The van der Waals surface area contributed by atoms with Gasteiger partial charge in [0.25, 0.3) is 5.91 Å². The average Bonchev–Trinajstić information content (AvgIpc) is 3.08. The van der Waals surface area contributed by atoms with Crippen LogP contribution in [0.1, 0.15) is 49.7 Å². The fourth-order valence-corrected chi connectivity index (χ4v) is 8.39. The second-order valence-corrected chi connectivity index (χ2v) is 11.6. The molecular formula is C26H30N4OS. The van der Waals surface area contributed by atoms with E-state index in [1.54, 1.807) is 43.1 Å². The van der Waals surface area contributed by atoms with Gasteiger partial charge in [-0.15, -0.1) is 0 Å². The highest BCUT2D eigenvalue weighted by Gasteiger charge is 2.52. The highest BCUT2D eigenvalue weighted by atomic mass is 32.2. The van der Waals surface area contributed by atoms with Crippen LogP contribution in [0.15, 0.2) is 54.0 Å². The van der Waals surface area contributed by atoms with Crippen LogP contribution in [0, 0.1) is 23.2 Å². The monoisotopic (exact) mass is 446 g/mol.